The monoisotopic (exact) mass is 346 g/mol. The molecule has 0 atom stereocenters. The zero-order valence-electron chi connectivity index (χ0n) is 11.2. The second kappa shape index (κ2) is 5.29. The molecule has 5 nitrogen and oxygen atoms in total. The van der Waals surface area contributed by atoms with E-state index in [4.69, 9.17) is 4.74 Å². The minimum atomic E-state index is -0.364. The molecule has 2 amide bonds. The summed E-state index contributed by atoms with van der Waals surface area (Å²) in [6.07, 6.45) is 0. The Balaban J connectivity index is 2.10. The number of methoxy groups -OCH3 is 1. The Bertz CT molecular complexity index is 688. The lowest BCUT2D eigenvalue weighted by atomic mass is 10.1. The number of amides is 2. The van der Waals surface area contributed by atoms with Gasteiger partial charge in [0.05, 0.1) is 23.9 Å². The van der Waals surface area contributed by atoms with Crippen molar-refractivity contribution in [3.63, 3.8) is 0 Å². The van der Waals surface area contributed by atoms with Gasteiger partial charge < -0.3 is 4.74 Å². The molecule has 0 radical (unpaired) electrons. The summed E-state index contributed by atoms with van der Waals surface area (Å²) in [5.74, 6) is 0.0924. The van der Waals surface area contributed by atoms with E-state index in [1.165, 1.54) is 7.11 Å². The zero-order valence-corrected chi connectivity index (χ0v) is 12.8. The molecule has 2 heterocycles. The smallest absolute Gasteiger partial charge is 0.267 e. The second-order valence-corrected chi connectivity index (χ2v) is 5.04. The highest BCUT2D eigenvalue weighted by Crippen LogP contribution is 2.29. The first kappa shape index (κ1) is 13.8. The van der Waals surface area contributed by atoms with Crippen LogP contribution in [0.5, 0.6) is 5.75 Å². The number of hydrogen-bond donors (Lipinski definition) is 0. The van der Waals surface area contributed by atoms with Gasteiger partial charge in [-0.2, -0.15) is 0 Å². The van der Waals surface area contributed by atoms with E-state index >= 15 is 0 Å². The first-order chi connectivity index (χ1) is 10.2. The molecule has 0 spiro atoms. The van der Waals surface area contributed by atoms with Crippen LogP contribution in [0.1, 0.15) is 26.4 Å². The van der Waals surface area contributed by atoms with E-state index in [1.807, 2.05) is 0 Å². The number of halogens is 1. The summed E-state index contributed by atoms with van der Waals surface area (Å²) in [6, 6.07) is 10.1. The van der Waals surface area contributed by atoms with Gasteiger partial charge in [-0.25, -0.2) is 9.88 Å². The van der Waals surface area contributed by atoms with Crippen LogP contribution in [0.4, 0.5) is 5.82 Å². The van der Waals surface area contributed by atoms with Gasteiger partial charge in [0.15, 0.2) is 0 Å². The molecule has 21 heavy (non-hydrogen) atoms. The third-order valence-corrected chi connectivity index (χ3v) is 3.81. The van der Waals surface area contributed by atoms with Crippen molar-refractivity contribution in [1.82, 2.24) is 4.98 Å². The van der Waals surface area contributed by atoms with Crippen LogP contribution in [0.15, 0.2) is 36.4 Å². The lowest BCUT2D eigenvalue weighted by Gasteiger charge is -2.14. The topological polar surface area (TPSA) is 59.5 Å². The van der Waals surface area contributed by atoms with E-state index in [-0.39, 0.29) is 17.6 Å². The number of anilines is 1. The van der Waals surface area contributed by atoms with Crippen LogP contribution in [0.3, 0.4) is 0 Å². The van der Waals surface area contributed by atoms with Crippen LogP contribution in [0.25, 0.3) is 0 Å². The predicted molar refractivity (Wildman–Crippen MR) is 81.0 cm³/mol. The van der Waals surface area contributed by atoms with E-state index in [0.29, 0.717) is 27.9 Å². The molecule has 0 unspecified atom stereocenters. The second-order valence-electron chi connectivity index (χ2n) is 4.48. The number of rotatable bonds is 3. The van der Waals surface area contributed by atoms with Crippen molar-refractivity contribution in [2.75, 3.05) is 12.0 Å². The molecule has 0 saturated heterocycles. The molecule has 1 aromatic heterocycles. The quantitative estimate of drug-likeness (QED) is 0.633. The van der Waals surface area contributed by atoms with Gasteiger partial charge in [-0.3, -0.25) is 9.59 Å². The Labute approximate surface area is 129 Å². The molecule has 2 aromatic rings. The molecule has 0 fully saturated rings. The molecule has 0 bridgehead atoms. The average Bonchev–Trinajstić information content (AvgIpc) is 2.78. The normalized spacial score (nSPS) is 13.5. The number of alkyl halides is 1. The largest absolute Gasteiger partial charge is 0.497 e. The Morgan fingerprint density at radius 1 is 1.14 bits per heavy atom. The van der Waals surface area contributed by atoms with E-state index in [9.17, 15) is 9.59 Å². The summed E-state index contributed by atoms with van der Waals surface area (Å²) in [4.78, 5) is 30.2. The minimum Gasteiger partial charge on any atom is -0.497 e. The molecule has 0 saturated carbocycles. The van der Waals surface area contributed by atoms with Gasteiger partial charge in [0.2, 0.25) is 0 Å². The number of pyridine rings is 1. The highest BCUT2D eigenvalue weighted by molar-refractivity contribution is 9.08. The molecule has 1 aliphatic heterocycles. The van der Waals surface area contributed by atoms with Crippen molar-refractivity contribution in [3.05, 3.63) is 53.2 Å². The average molecular weight is 347 g/mol. The summed E-state index contributed by atoms with van der Waals surface area (Å²) in [5.41, 5.74) is 1.47. The lowest BCUT2D eigenvalue weighted by Crippen LogP contribution is -2.30. The first-order valence-corrected chi connectivity index (χ1v) is 7.36. The Morgan fingerprint density at radius 3 is 2.29 bits per heavy atom. The van der Waals surface area contributed by atoms with E-state index in [0.717, 1.165) is 4.90 Å². The molecule has 106 valence electrons. The van der Waals surface area contributed by atoms with Gasteiger partial charge in [0.1, 0.15) is 11.6 Å². The van der Waals surface area contributed by atoms with Crippen molar-refractivity contribution in [2.24, 2.45) is 0 Å². The van der Waals surface area contributed by atoms with Crippen LogP contribution in [0, 0.1) is 0 Å². The van der Waals surface area contributed by atoms with Crippen LogP contribution >= 0.6 is 15.9 Å². The molecular formula is C15H11BrN2O3. The fourth-order valence-corrected chi connectivity index (χ4v) is 2.53. The number of aromatic nitrogens is 1. The summed E-state index contributed by atoms with van der Waals surface area (Å²) >= 11 is 3.32. The SMILES string of the molecule is COc1cc(CBr)nc(N2C(=O)c3ccccc3C2=O)c1. The summed E-state index contributed by atoms with van der Waals surface area (Å²) in [5, 5.41) is 0.500. The third kappa shape index (κ3) is 2.21. The maximum absolute atomic E-state index is 12.4. The fraction of sp³-hybridized carbons (Fsp3) is 0.133. The number of hydrogen-bond acceptors (Lipinski definition) is 4. The van der Waals surface area contributed by atoms with Crippen LogP contribution in [0.2, 0.25) is 0 Å². The number of nitrogens with zero attached hydrogens (tertiary/aromatic N) is 2. The molecule has 1 aliphatic rings. The Kier molecular flexibility index (Phi) is 3.47. The van der Waals surface area contributed by atoms with E-state index in [1.54, 1.807) is 36.4 Å². The first-order valence-electron chi connectivity index (χ1n) is 6.24. The van der Waals surface area contributed by atoms with Crippen molar-refractivity contribution in [3.8, 4) is 5.75 Å². The summed E-state index contributed by atoms with van der Waals surface area (Å²) in [6.45, 7) is 0. The van der Waals surface area contributed by atoms with E-state index < -0.39 is 0 Å². The maximum Gasteiger partial charge on any atom is 0.267 e. The molecule has 6 heteroatoms. The minimum absolute atomic E-state index is 0.273. The summed E-state index contributed by atoms with van der Waals surface area (Å²) < 4.78 is 5.19. The van der Waals surface area contributed by atoms with Crippen LogP contribution < -0.4 is 9.64 Å². The highest BCUT2D eigenvalue weighted by Gasteiger charge is 2.37. The highest BCUT2D eigenvalue weighted by atomic mass is 79.9. The number of benzene rings is 1. The fourth-order valence-electron chi connectivity index (χ4n) is 2.24. The number of fused-ring (bicyclic) bond motifs is 1. The van der Waals surface area contributed by atoms with Gasteiger partial charge >= 0.3 is 0 Å². The Morgan fingerprint density at radius 2 is 1.76 bits per heavy atom. The molecule has 3 rings (SSSR count). The number of carbonyl (C=O) groups is 2. The van der Waals surface area contributed by atoms with Crippen LogP contribution in [-0.4, -0.2) is 23.9 Å². The number of imide groups is 1. The van der Waals surface area contributed by atoms with Gasteiger partial charge in [-0.1, -0.05) is 28.1 Å². The standard InChI is InChI=1S/C15H11BrN2O3/c1-21-10-6-9(8-16)17-13(7-10)18-14(19)11-4-2-3-5-12(11)15(18)20/h2-7H,8H2,1H3. The van der Waals surface area contributed by atoms with E-state index in [2.05, 4.69) is 20.9 Å². The number of ether oxygens (including phenoxy) is 1. The summed E-state index contributed by atoms with van der Waals surface area (Å²) in [7, 11) is 1.53. The molecular weight excluding hydrogens is 336 g/mol. The molecule has 0 aliphatic carbocycles. The predicted octanol–water partition coefficient (Wildman–Crippen LogP) is 2.79. The van der Waals surface area contributed by atoms with Crippen LogP contribution in [-0.2, 0) is 5.33 Å². The van der Waals surface area contributed by atoms with Crippen molar-refractivity contribution in [1.29, 1.82) is 0 Å². The third-order valence-electron chi connectivity index (χ3n) is 3.23. The van der Waals surface area contributed by atoms with Crippen molar-refractivity contribution < 1.29 is 14.3 Å². The number of carbonyl (C=O) groups excluding carboxylic acids is 2. The van der Waals surface area contributed by atoms with Gasteiger partial charge in [-0.15, -0.1) is 0 Å². The molecule has 0 N–H and O–H groups in total. The van der Waals surface area contributed by atoms with Gasteiger partial charge in [0.25, 0.3) is 11.8 Å². The zero-order chi connectivity index (χ0) is 15.0. The van der Waals surface area contributed by atoms with Crippen molar-refractivity contribution >= 4 is 33.6 Å². The Hall–Kier alpha value is -2.21. The lowest BCUT2D eigenvalue weighted by molar-refractivity contribution is 0.0925. The van der Waals surface area contributed by atoms with Crippen molar-refractivity contribution in [2.45, 2.75) is 5.33 Å². The van der Waals surface area contributed by atoms with Gasteiger partial charge in [0, 0.05) is 17.5 Å². The molecule has 1 aromatic carbocycles. The van der Waals surface area contributed by atoms with Gasteiger partial charge in [-0.05, 0) is 12.1 Å². The maximum atomic E-state index is 12.4.